The molecular weight excluding hydrogens is 422 g/mol. The molecular formula is C23H18ClNO4S. The number of carboxylic acids is 1. The van der Waals surface area contributed by atoms with Gasteiger partial charge in [-0.25, -0.2) is 12.4 Å². The van der Waals surface area contributed by atoms with Crippen molar-refractivity contribution >= 4 is 38.5 Å². The van der Waals surface area contributed by atoms with E-state index < -0.39 is 16.0 Å². The molecule has 3 aromatic carbocycles. The minimum atomic E-state index is -3.93. The molecule has 152 valence electrons. The van der Waals surface area contributed by atoms with Gasteiger partial charge >= 0.3 is 5.97 Å². The van der Waals surface area contributed by atoms with Crippen LogP contribution in [-0.4, -0.2) is 23.5 Å². The van der Waals surface area contributed by atoms with Gasteiger partial charge < -0.3 is 5.11 Å². The molecule has 0 atom stereocenters. The predicted octanol–water partition coefficient (Wildman–Crippen LogP) is 5.22. The van der Waals surface area contributed by atoms with E-state index in [1.807, 2.05) is 30.3 Å². The van der Waals surface area contributed by atoms with Crippen molar-refractivity contribution in [3.05, 3.63) is 89.6 Å². The van der Waals surface area contributed by atoms with Crippen molar-refractivity contribution in [3.8, 4) is 11.1 Å². The molecule has 0 fully saturated rings. The highest BCUT2D eigenvalue weighted by Gasteiger charge is 2.23. The zero-order valence-corrected chi connectivity index (χ0v) is 17.4. The van der Waals surface area contributed by atoms with Gasteiger partial charge in [0.2, 0.25) is 0 Å². The Hall–Kier alpha value is -3.09. The average molecular weight is 440 g/mol. The van der Waals surface area contributed by atoms with E-state index >= 15 is 0 Å². The molecule has 4 rings (SSSR count). The van der Waals surface area contributed by atoms with E-state index in [1.54, 1.807) is 48.5 Å². The summed E-state index contributed by atoms with van der Waals surface area (Å²) in [6, 6.07) is 23.0. The number of aryl methyl sites for hydroxylation is 1. The number of carbonyl (C=O) groups is 1. The lowest BCUT2D eigenvalue weighted by Gasteiger charge is -2.12. The van der Waals surface area contributed by atoms with Crippen LogP contribution in [0.5, 0.6) is 0 Å². The molecule has 0 bridgehead atoms. The first-order valence-corrected chi connectivity index (χ1v) is 11.1. The SMILES string of the molecule is O=C(O)CCc1cc2cc(Cl)ccc2n1S(=O)(=O)c1ccc(-c2ccccc2)cc1. The van der Waals surface area contributed by atoms with Gasteiger partial charge in [0, 0.05) is 16.1 Å². The number of fused-ring (bicyclic) bond motifs is 1. The summed E-state index contributed by atoms with van der Waals surface area (Å²) in [7, 11) is -3.93. The summed E-state index contributed by atoms with van der Waals surface area (Å²) in [5.41, 5.74) is 2.77. The number of halogens is 1. The molecule has 0 radical (unpaired) electrons. The van der Waals surface area contributed by atoms with E-state index in [1.165, 1.54) is 3.97 Å². The fourth-order valence-corrected chi connectivity index (χ4v) is 5.22. The molecule has 0 aliphatic carbocycles. The first-order valence-electron chi connectivity index (χ1n) is 9.29. The van der Waals surface area contributed by atoms with E-state index in [-0.39, 0.29) is 17.7 Å². The second-order valence-electron chi connectivity index (χ2n) is 6.89. The Morgan fingerprint density at radius 3 is 2.23 bits per heavy atom. The lowest BCUT2D eigenvalue weighted by atomic mass is 10.1. The highest BCUT2D eigenvalue weighted by Crippen LogP contribution is 2.29. The van der Waals surface area contributed by atoms with Crippen molar-refractivity contribution in [3.63, 3.8) is 0 Å². The van der Waals surface area contributed by atoms with E-state index in [0.717, 1.165) is 11.1 Å². The third-order valence-corrected chi connectivity index (χ3v) is 6.90. The molecule has 0 saturated heterocycles. The van der Waals surface area contributed by atoms with E-state index in [4.69, 9.17) is 16.7 Å². The number of hydrogen-bond acceptors (Lipinski definition) is 3. The van der Waals surface area contributed by atoms with Crippen molar-refractivity contribution in [1.82, 2.24) is 3.97 Å². The van der Waals surface area contributed by atoms with Crippen LogP contribution >= 0.6 is 11.6 Å². The molecule has 4 aromatic rings. The van der Waals surface area contributed by atoms with Gasteiger partial charge in [-0.3, -0.25) is 4.79 Å². The van der Waals surface area contributed by atoms with Gasteiger partial charge in [-0.05, 0) is 53.9 Å². The molecule has 0 saturated carbocycles. The monoisotopic (exact) mass is 439 g/mol. The normalized spacial score (nSPS) is 11.6. The number of carboxylic acid groups (broad SMARTS) is 1. The zero-order chi connectivity index (χ0) is 21.3. The van der Waals surface area contributed by atoms with Crippen molar-refractivity contribution in [1.29, 1.82) is 0 Å². The lowest BCUT2D eigenvalue weighted by molar-refractivity contribution is -0.136. The number of benzene rings is 3. The van der Waals surface area contributed by atoms with Gasteiger partial charge in [-0.2, -0.15) is 0 Å². The summed E-state index contributed by atoms with van der Waals surface area (Å²) in [6.45, 7) is 0. The summed E-state index contributed by atoms with van der Waals surface area (Å²) in [4.78, 5) is 11.2. The highest BCUT2D eigenvalue weighted by molar-refractivity contribution is 7.90. The topological polar surface area (TPSA) is 76.4 Å². The predicted molar refractivity (Wildman–Crippen MR) is 117 cm³/mol. The standard InChI is InChI=1S/C23H18ClNO4S/c24-19-8-12-22-18(14-19)15-20(9-13-23(26)27)25(22)30(28,29)21-10-6-17(7-11-21)16-4-2-1-3-5-16/h1-8,10-12,14-15H,9,13H2,(H,26,27). The second kappa shape index (κ2) is 7.97. The van der Waals surface area contributed by atoms with Gasteiger partial charge in [-0.15, -0.1) is 0 Å². The fraction of sp³-hybridized carbons (Fsp3) is 0.0870. The summed E-state index contributed by atoms with van der Waals surface area (Å²) < 4.78 is 28.2. The average Bonchev–Trinajstić information content (AvgIpc) is 3.11. The van der Waals surface area contributed by atoms with Gasteiger partial charge in [-0.1, -0.05) is 54.1 Å². The van der Waals surface area contributed by atoms with E-state index in [9.17, 15) is 13.2 Å². The Balaban J connectivity index is 1.81. The van der Waals surface area contributed by atoms with Crippen LogP contribution in [0.2, 0.25) is 5.02 Å². The Morgan fingerprint density at radius 2 is 1.57 bits per heavy atom. The van der Waals surface area contributed by atoms with Crippen LogP contribution in [0.25, 0.3) is 22.0 Å². The quantitative estimate of drug-likeness (QED) is 0.447. The number of hydrogen-bond donors (Lipinski definition) is 1. The molecule has 1 aromatic heterocycles. The molecule has 0 unspecified atom stereocenters. The van der Waals surface area contributed by atoms with Crippen LogP contribution in [0.15, 0.2) is 83.8 Å². The van der Waals surface area contributed by atoms with Crippen LogP contribution in [0, 0.1) is 0 Å². The Kier molecular flexibility index (Phi) is 5.37. The minimum absolute atomic E-state index is 0.0863. The molecule has 0 amide bonds. The number of aromatic nitrogens is 1. The largest absolute Gasteiger partial charge is 0.481 e. The first-order chi connectivity index (χ1) is 14.4. The van der Waals surface area contributed by atoms with Crippen LogP contribution < -0.4 is 0 Å². The molecule has 0 aliphatic heterocycles. The third-order valence-electron chi connectivity index (χ3n) is 4.89. The molecule has 30 heavy (non-hydrogen) atoms. The van der Waals surface area contributed by atoms with Crippen LogP contribution in [0.3, 0.4) is 0 Å². The van der Waals surface area contributed by atoms with Gasteiger partial charge in [0.1, 0.15) is 0 Å². The molecule has 5 nitrogen and oxygen atoms in total. The Labute approximate surface area is 179 Å². The number of aliphatic carboxylic acids is 1. The summed E-state index contributed by atoms with van der Waals surface area (Å²) in [5, 5.41) is 10.2. The van der Waals surface area contributed by atoms with Gasteiger partial charge in [0.05, 0.1) is 16.8 Å². The number of rotatable bonds is 6. The number of nitrogens with zero attached hydrogens (tertiary/aromatic N) is 1. The molecule has 0 aliphatic rings. The maximum Gasteiger partial charge on any atom is 0.303 e. The van der Waals surface area contributed by atoms with Crippen LogP contribution in [-0.2, 0) is 21.2 Å². The first kappa shape index (κ1) is 20.2. The maximum absolute atomic E-state index is 13.5. The van der Waals surface area contributed by atoms with Crippen molar-refractivity contribution in [2.75, 3.05) is 0 Å². The Bertz CT molecular complexity index is 1330. The van der Waals surface area contributed by atoms with Crippen LogP contribution in [0.1, 0.15) is 12.1 Å². The second-order valence-corrected chi connectivity index (χ2v) is 9.12. The summed E-state index contributed by atoms with van der Waals surface area (Å²) in [6.07, 6.45) is -0.0878. The van der Waals surface area contributed by atoms with Gasteiger partial charge in [0.25, 0.3) is 10.0 Å². The molecule has 1 N–H and O–H groups in total. The smallest absolute Gasteiger partial charge is 0.303 e. The van der Waals surface area contributed by atoms with E-state index in [0.29, 0.717) is 21.6 Å². The summed E-state index contributed by atoms with van der Waals surface area (Å²) >= 11 is 6.06. The summed E-state index contributed by atoms with van der Waals surface area (Å²) in [5.74, 6) is -0.991. The molecule has 1 heterocycles. The van der Waals surface area contributed by atoms with Gasteiger partial charge in [0.15, 0.2) is 0 Å². The lowest BCUT2D eigenvalue weighted by Crippen LogP contribution is -2.16. The maximum atomic E-state index is 13.5. The zero-order valence-electron chi connectivity index (χ0n) is 15.8. The van der Waals surface area contributed by atoms with Crippen molar-refractivity contribution in [2.24, 2.45) is 0 Å². The highest BCUT2D eigenvalue weighted by atomic mass is 35.5. The molecule has 7 heteroatoms. The van der Waals surface area contributed by atoms with Crippen LogP contribution in [0.4, 0.5) is 0 Å². The minimum Gasteiger partial charge on any atom is -0.481 e. The van der Waals surface area contributed by atoms with E-state index in [2.05, 4.69) is 0 Å². The third kappa shape index (κ3) is 3.84. The van der Waals surface area contributed by atoms with Crippen molar-refractivity contribution in [2.45, 2.75) is 17.7 Å². The Morgan fingerprint density at radius 1 is 0.900 bits per heavy atom. The molecule has 0 spiro atoms. The van der Waals surface area contributed by atoms with Crippen molar-refractivity contribution < 1.29 is 18.3 Å². The fourth-order valence-electron chi connectivity index (χ4n) is 3.47.